The van der Waals surface area contributed by atoms with Crippen LogP contribution in [0, 0.1) is 0 Å². The summed E-state index contributed by atoms with van der Waals surface area (Å²) in [6, 6.07) is 5.65. The van der Waals surface area contributed by atoms with E-state index in [-0.39, 0.29) is 5.54 Å². The highest BCUT2D eigenvalue weighted by molar-refractivity contribution is 5.93. The number of ether oxygens (including phenoxy) is 1. The molecule has 4 heteroatoms. The third-order valence-corrected chi connectivity index (χ3v) is 2.17. The molecule has 0 atom stereocenters. The number of aromatic nitrogens is 1. The first-order valence-corrected chi connectivity index (χ1v) is 5.22. The monoisotopic (exact) mass is 220 g/mol. The molecule has 4 nitrogen and oxygen atoms in total. The lowest BCUT2D eigenvalue weighted by atomic mass is 10.1. The van der Waals surface area contributed by atoms with Gasteiger partial charge in [-0.2, -0.15) is 0 Å². The fraction of sp³-hybridized carbons (Fsp3) is 0.417. The Hall–Kier alpha value is -1.71. The van der Waals surface area contributed by atoms with Gasteiger partial charge in [-0.1, -0.05) is 11.2 Å². The number of nitrogens with one attached hydrogen (secondary N) is 1. The highest BCUT2D eigenvalue weighted by atomic mass is 16.5. The average Bonchev–Trinajstić information content (AvgIpc) is 2.59. The van der Waals surface area contributed by atoms with Gasteiger partial charge in [0.05, 0.1) is 7.11 Å². The van der Waals surface area contributed by atoms with Crippen molar-refractivity contribution in [3.05, 3.63) is 18.2 Å². The predicted molar refractivity (Wildman–Crippen MR) is 63.9 cm³/mol. The molecule has 0 radical (unpaired) electrons. The van der Waals surface area contributed by atoms with Crippen LogP contribution in [-0.2, 0) is 0 Å². The molecule has 1 aromatic heterocycles. The minimum absolute atomic E-state index is 0.0648. The van der Waals surface area contributed by atoms with Crippen LogP contribution in [0.1, 0.15) is 20.8 Å². The molecule has 0 aliphatic heterocycles. The molecule has 0 unspecified atom stereocenters. The van der Waals surface area contributed by atoms with Crippen molar-refractivity contribution in [2.45, 2.75) is 26.3 Å². The minimum Gasteiger partial charge on any atom is -0.496 e. The molecule has 0 aliphatic carbocycles. The van der Waals surface area contributed by atoms with Crippen LogP contribution in [0.25, 0.3) is 11.0 Å². The molecule has 0 amide bonds. The van der Waals surface area contributed by atoms with E-state index in [2.05, 4.69) is 31.2 Å². The van der Waals surface area contributed by atoms with Crippen molar-refractivity contribution >= 4 is 16.8 Å². The molecule has 16 heavy (non-hydrogen) atoms. The molecule has 0 aliphatic rings. The number of methoxy groups -OCH3 is 1. The summed E-state index contributed by atoms with van der Waals surface area (Å²) in [4.78, 5) is 0. The molecule has 0 fully saturated rings. The fourth-order valence-electron chi connectivity index (χ4n) is 1.57. The maximum Gasteiger partial charge on any atom is 0.181 e. The lowest BCUT2D eigenvalue weighted by Gasteiger charge is -2.20. The summed E-state index contributed by atoms with van der Waals surface area (Å²) in [5.74, 6) is 1.49. The lowest BCUT2D eigenvalue weighted by molar-refractivity contribution is 0.419. The summed E-state index contributed by atoms with van der Waals surface area (Å²) in [5.41, 5.74) is 0.663. The van der Waals surface area contributed by atoms with Crippen LogP contribution in [0.15, 0.2) is 22.7 Å². The minimum atomic E-state index is -0.0648. The van der Waals surface area contributed by atoms with Gasteiger partial charge >= 0.3 is 0 Å². The number of rotatable bonds is 2. The van der Waals surface area contributed by atoms with Crippen molar-refractivity contribution in [1.29, 1.82) is 0 Å². The summed E-state index contributed by atoms with van der Waals surface area (Å²) in [6.07, 6.45) is 0. The van der Waals surface area contributed by atoms with E-state index in [1.807, 2.05) is 18.2 Å². The van der Waals surface area contributed by atoms with Crippen molar-refractivity contribution in [3.63, 3.8) is 0 Å². The number of anilines is 1. The lowest BCUT2D eigenvalue weighted by Crippen LogP contribution is -2.26. The Labute approximate surface area is 94.6 Å². The van der Waals surface area contributed by atoms with Crippen molar-refractivity contribution in [3.8, 4) is 5.75 Å². The van der Waals surface area contributed by atoms with E-state index in [1.54, 1.807) is 7.11 Å². The van der Waals surface area contributed by atoms with Crippen molar-refractivity contribution in [2.75, 3.05) is 12.4 Å². The summed E-state index contributed by atoms with van der Waals surface area (Å²) in [7, 11) is 1.64. The van der Waals surface area contributed by atoms with Gasteiger partial charge in [0.15, 0.2) is 11.4 Å². The molecular formula is C12H16N2O2. The summed E-state index contributed by atoms with van der Waals surface area (Å²) < 4.78 is 10.5. The Balaban J connectivity index is 2.54. The molecule has 1 heterocycles. The van der Waals surface area contributed by atoms with Gasteiger partial charge in [-0.25, -0.2) is 0 Å². The Morgan fingerprint density at radius 1 is 1.31 bits per heavy atom. The number of benzene rings is 1. The smallest absolute Gasteiger partial charge is 0.181 e. The first-order valence-electron chi connectivity index (χ1n) is 5.22. The quantitative estimate of drug-likeness (QED) is 0.845. The number of hydrogen-bond donors (Lipinski definition) is 1. The molecule has 0 saturated heterocycles. The first-order chi connectivity index (χ1) is 7.51. The maximum atomic E-state index is 5.30. The molecule has 2 rings (SSSR count). The molecule has 1 N–H and O–H groups in total. The highest BCUT2D eigenvalue weighted by Crippen LogP contribution is 2.32. The Morgan fingerprint density at radius 3 is 2.69 bits per heavy atom. The van der Waals surface area contributed by atoms with Crippen LogP contribution in [0.2, 0.25) is 0 Å². The van der Waals surface area contributed by atoms with E-state index < -0.39 is 0 Å². The molecule has 0 saturated carbocycles. The molecular weight excluding hydrogens is 204 g/mol. The standard InChI is InChI=1S/C12H16N2O2/c1-12(2,3)13-11-10-8(15-4)6-5-7-9(10)16-14-11/h5-7H,1-4H3,(H,13,14). The van der Waals surface area contributed by atoms with Crippen LogP contribution in [-0.4, -0.2) is 17.8 Å². The summed E-state index contributed by atoms with van der Waals surface area (Å²) in [6.45, 7) is 6.22. The van der Waals surface area contributed by atoms with Gasteiger partial charge in [-0.05, 0) is 32.9 Å². The third kappa shape index (κ3) is 1.96. The van der Waals surface area contributed by atoms with Gasteiger partial charge in [0.25, 0.3) is 0 Å². The second-order valence-corrected chi connectivity index (χ2v) is 4.74. The summed E-state index contributed by atoms with van der Waals surface area (Å²) >= 11 is 0. The molecule has 2 aromatic rings. The highest BCUT2D eigenvalue weighted by Gasteiger charge is 2.17. The summed E-state index contributed by atoms with van der Waals surface area (Å²) in [5, 5.41) is 8.21. The zero-order valence-corrected chi connectivity index (χ0v) is 10.00. The van der Waals surface area contributed by atoms with Crippen LogP contribution < -0.4 is 10.1 Å². The fourth-order valence-corrected chi connectivity index (χ4v) is 1.57. The van der Waals surface area contributed by atoms with Crippen LogP contribution in [0.5, 0.6) is 5.75 Å². The third-order valence-electron chi connectivity index (χ3n) is 2.17. The van der Waals surface area contributed by atoms with Crippen molar-refractivity contribution < 1.29 is 9.26 Å². The molecule has 1 aromatic carbocycles. The topological polar surface area (TPSA) is 47.3 Å². The van der Waals surface area contributed by atoms with Gasteiger partial charge in [0.2, 0.25) is 0 Å². The Kier molecular flexibility index (Phi) is 2.50. The number of fused-ring (bicyclic) bond motifs is 1. The van der Waals surface area contributed by atoms with Crippen LogP contribution in [0.4, 0.5) is 5.82 Å². The average molecular weight is 220 g/mol. The van der Waals surface area contributed by atoms with Gasteiger partial charge in [-0.15, -0.1) is 0 Å². The Morgan fingerprint density at radius 2 is 2.06 bits per heavy atom. The normalized spacial score (nSPS) is 11.8. The molecule has 0 bridgehead atoms. The van der Waals surface area contributed by atoms with Gasteiger partial charge in [-0.3, -0.25) is 0 Å². The largest absolute Gasteiger partial charge is 0.496 e. The second kappa shape index (κ2) is 3.70. The zero-order valence-electron chi connectivity index (χ0n) is 10.00. The van der Waals surface area contributed by atoms with Gasteiger partial charge in [0, 0.05) is 5.54 Å². The number of hydrogen-bond acceptors (Lipinski definition) is 4. The van der Waals surface area contributed by atoms with Crippen LogP contribution in [0.3, 0.4) is 0 Å². The van der Waals surface area contributed by atoms with Crippen molar-refractivity contribution in [2.24, 2.45) is 0 Å². The van der Waals surface area contributed by atoms with Crippen molar-refractivity contribution in [1.82, 2.24) is 5.16 Å². The maximum absolute atomic E-state index is 5.30. The Bertz CT molecular complexity index is 497. The zero-order chi connectivity index (χ0) is 11.8. The van der Waals surface area contributed by atoms with E-state index in [4.69, 9.17) is 9.26 Å². The van der Waals surface area contributed by atoms with Gasteiger partial charge in [0.1, 0.15) is 11.1 Å². The number of nitrogens with zero attached hydrogens (tertiary/aromatic N) is 1. The van der Waals surface area contributed by atoms with E-state index in [9.17, 15) is 0 Å². The second-order valence-electron chi connectivity index (χ2n) is 4.74. The van der Waals surface area contributed by atoms with E-state index in [0.29, 0.717) is 0 Å². The SMILES string of the molecule is COc1cccc2onc(NC(C)(C)C)c12. The van der Waals surface area contributed by atoms with E-state index >= 15 is 0 Å². The first kappa shape index (κ1) is 10.8. The van der Waals surface area contributed by atoms with E-state index in [1.165, 1.54) is 0 Å². The van der Waals surface area contributed by atoms with Gasteiger partial charge < -0.3 is 14.6 Å². The molecule has 86 valence electrons. The predicted octanol–water partition coefficient (Wildman–Crippen LogP) is 3.05. The van der Waals surface area contributed by atoms with Crippen LogP contribution >= 0.6 is 0 Å². The van der Waals surface area contributed by atoms with E-state index in [0.717, 1.165) is 22.5 Å². The molecule has 0 spiro atoms.